The first-order valence-electron chi connectivity index (χ1n) is 11.4. The van der Waals surface area contributed by atoms with Gasteiger partial charge in [0.15, 0.2) is 0 Å². The van der Waals surface area contributed by atoms with E-state index in [4.69, 9.17) is 12.2 Å². The maximum Gasteiger partial charge on any atom is 0.270 e. The molecule has 34 heavy (non-hydrogen) atoms. The molecule has 1 aromatic heterocycles. The van der Waals surface area contributed by atoms with Crippen molar-refractivity contribution < 1.29 is 4.79 Å². The lowest BCUT2D eigenvalue weighted by Crippen LogP contribution is -2.31. The Morgan fingerprint density at radius 3 is 2.53 bits per heavy atom. The molecule has 2 heterocycles. The average Bonchev–Trinajstić information content (AvgIpc) is 3.08. The molecule has 178 valence electrons. The van der Waals surface area contributed by atoms with Gasteiger partial charge in [-0.05, 0) is 30.5 Å². The normalized spacial score (nSPS) is 14.7. The van der Waals surface area contributed by atoms with Crippen molar-refractivity contribution in [2.24, 2.45) is 7.05 Å². The number of amides is 1. The maximum absolute atomic E-state index is 13.2. The molecule has 1 aliphatic heterocycles. The molecule has 0 radical (unpaired) electrons. The molecular formula is C26H30N4O2S2. The van der Waals surface area contributed by atoms with Gasteiger partial charge in [0.1, 0.15) is 21.8 Å². The molecule has 1 amide bonds. The molecule has 1 aromatic carbocycles. The van der Waals surface area contributed by atoms with Crippen molar-refractivity contribution in [3.63, 3.8) is 0 Å². The van der Waals surface area contributed by atoms with E-state index >= 15 is 0 Å². The number of hydrogen-bond donors (Lipinski definition) is 0. The van der Waals surface area contributed by atoms with Gasteiger partial charge in [-0.1, -0.05) is 80.5 Å². The van der Waals surface area contributed by atoms with Gasteiger partial charge in [-0.15, -0.1) is 0 Å². The topological polar surface area (TPSA) is 69.3 Å². The Hall–Kier alpha value is -2.89. The molecule has 0 atom stereocenters. The van der Waals surface area contributed by atoms with Gasteiger partial charge in [0.05, 0.1) is 4.91 Å². The van der Waals surface area contributed by atoms with Crippen molar-refractivity contribution >= 4 is 46.1 Å². The van der Waals surface area contributed by atoms with E-state index in [1.807, 2.05) is 48.3 Å². The third kappa shape index (κ3) is 5.43. The van der Waals surface area contributed by atoms with Crippen LogP contribution in [0.25, 0.3) is 6.08 Å². The molecule has 3 rings (SSSR count). The second-order valence-corrected chi connectivity index (χ2v) is 10.1. The molecule has 8 heteroatoms. The van der Waals surface area contributed by atoms with E-state index < -0.39 is 0 Å². The highest BCUT2D eigenvalue weighted by molar-refractivity contribution is 8.26. The number of carbonyl (C=O) groups is 1. The van der Waals surface area contributed by atoms with Gasteiger partial charge in [-0.25, -0.2) is 0 Å². The summed E-state index contributed by atoms with van der Waals surface area (Å²) in [5, 5.41) is 9.65. The van der Waals surface area contributed by atoms with Gasteiger partial charge in [0, 0.05) is 32.7 Å². The number of unbranched alkanes of at least 4 members (excludes halogenated alkanes) is 3. The lowest BCUT2D eigenvalue weighted by Gasteiger charge is -2.26. The number of nitrogens with zero attached hydrogens (tertiary/aromatic N) is 4. The van der Waals surface area contributed by atoms with E-state index in [1.165, 1.54) is 16.3 Å². The molecule has 2 aromatic rings. The first kappa shape index (κ1) is 25.7. The van der Waals surface area contributed by atoms with Crippen molar-refractivity contribution in [3.8, 4) is 6.07 Å². The largest absolute Gasteiger partial charge is 0.356 e. The highest BCUT2D eigenvalue weighted by Gasteiger charge is 2.32. The first-order valence-corrected chi connectivity index (χ1v) is 12.7. The number of pyridine rings is 1. The fourth-order valence-corrected chi connectivity index (χ4v) is 5.42. The smallest absolute Gasteiger partial charge is 0.270 e. The van der Waals surface area contributed by atoms with Crippen molar-refractivity contribution in [1.29, 1.82) is 5.26 Å². The Kier molecular flexibility index (Phi) is 8.70. The molecule has 0 bridgehead atoms. The van der Waals surface area contributed by atoms with E-state index in [0.717, 1.165) is 31.2 Å². The minimum absolute atomic E-state index is 0.0839. The molecule has 1 fully saturated rings. The number of rotatable bonds is 9. The molecule has 1 aliphatic rings. The number of nitriles is 1. The van der Waals surface area contributed by atoms with Gasteiger partial charge in [-0.2, -0.15) is 5.26 Å². The second-order valence-electron chi connectivity index (χ2n) is 8.45. The Morgan fingerprint density at radius 2 is 1.88 bits per heavy atom. The van der Waals surface area contributed by atoms with Crippen LogP contribution in [-0.2, 0) is 18.4 Å². The number of thioether (sulfide) groups is 1. The SMILES string of the molecule is CCCCCCN1C(=O)C(=Cc2c(C)c(C#N)c(=O)n(C)c2N(C)Cc2ccccc2)SC1=S. The van der Waals surface area contributed by atoms with Gasteiger partial charge in [0.25, 0.3) is 11.5 Å². The summed E-state index contributed by atoms with van der Waals surface area (Å²) >= 11 is 6.77. The zero-order chi connectivity index (χ0) is 24.8. The van der Waals surface area contributed by atoms with Crippen LogP contribution >= 0.6 is 24.0 Å². The molecule has 6 nitrogen and oxygen atoms in total. The zero-order valence-corrected chi connectivity index (χ0v) is 21.8. The molecule has 0 saturated carbocycles. The minimum atomic E-state index is -0.351. The Bertz CT molecular complexity index is 1210. The van der Waals surface area contributed by atoms with E-state index in [2.05, 4.69) is 6.92 Å². The van der Waals surface area contributed by atoms with Crippen molar-refractivity contribution in [2.75, 3.05) is 18.5 Å². The standard InChI is InChI=1S/C26H30N4O2S2/c1-5-6-7-11-14-30-25(32)22(34-26(30)33)15-20-18(2)21(16-27)24(31)29(4)23(20)28(3)17-19-12-9-8-10-13-19/h8-10,12-13,15H,5-7,11,14,17H2,1-4H3. The van der Waals surface area contributed by atoms with Gasteiger partial charge < -0.3 is 4.90 Å². The van der Waals surface area contributed by atoms with Gasteiger partial charge in [0.2, 0.25) is 0 Å². The number of benzene rings is 1. The molecule has 0 spiro atoms. The lowest BCUT2D eigenvalue weighted by molar-refractivity contribution is -0.122. The third-order valence-electron chi connectivity index (χ3n) is 5.98. The monoisotopic (exact) mass is 494 g/mol. The van der Waals surface area contributed by atoms with Crippen LogP contribution in [0.4, 0.5) is 5.82 Å². The van der Waals surface area contributed by atoms with E-state index in [1.54, 1.807) is 24.9 Å². The number of thiocarbonyl (C=S) groups is 1. The Balaban J connectivity index is 2.03. The highest BCUT2D eigenvalue weighted by atomic mass is 32.2. The molecule has 0 aliphatic carbocycles. The fourth-order valence-electron chi connectivity index (χ4n) is 4.13. The van der Waals surface area contributed by atoms with Crippen LogP contribution < -0.4 is 10.5 Å². The van der Waals surface area contributed by atoms with Crippen LogP contribution in [0.15, 0.2) is 40.0 Å². The highest BCUT2D eigenvalue weighted by Crippen LogP contribution is 2.35. The predicted octanol–water partition coefficient (Wildman–Crippen LogP) is 4.98. The Labute approximate surface area is 210 Å². The van der Waals surface area contributed by atoms with Crippen LogP contribution in [0.3, 0.4) is 0 Å². The van der Waals surface area contributed by atoms with Gasteiger partial charge in [-0.3, -0.25) is 19.1 Å². The maximum atomic E-state index is 13.2. The number of aromatic nitrogens is 1. The zero-order valence-electron chi connectivity index (χ0n) is 20.1. The summed E-state index contributed by atoms with van der Waals surface area (Å²) in [6.45, 7) is 5.09. The quantitative estimate of drug-likeness (QED) is 0.278. The summed E-state index contributed by atoms with van der Waals surface area (Å²) in [6, 6.07) is 12.0. The van der Waals surface area contributed by atoms with E-state index in [0.29, 0.717) is 39.3 Å². The molecule has 0 N–H and O–H groups in total. The summed E-state index contributed by atoms with van der Waals surface area (Å²) in [5.74, 6) is 0.536. The third-order valence-corrected chi connectivity index (χ3v) is 7.35. The van der Waals surface area contributed by atoms with Crippen molar-refractivity contribution in [2.45, 2.75) is 46.1 Å². The number of carbonyl (C=O) groups excluding carboxylic acids is 1. The summed E-state index contributed by atoms with van der Waals surface area (Å²) in [6.07, 6.45) is 6.03. The summed E-state index contributed by atoms with van der Waals surface area (Å²) in [7, 11) is 3.57. The van der Waals surface area contributed by atoms with Crippen LogP contribution in [-0.4, -0.2) is 33.3 Å². The number of hydrogen-bond acceptors (Lipinski definition) is 6. The van der Waals surface area contributed by atoms with Crippen LogP contribution in [0.5, 0.6) is 0 Å². The molecule has 0 unspecified atom stereocenters. The van der Waals surface area contributed by atoms with E-state index in [-0.39, 0.29) is 17.0 Å². The van der Waals surface area contributed by atoms with Crippen molar-refractivity contribution in [1.82, 2.24) is 9.47 Å². The minimum Gasteiger partial charge on any atom is -0.356 e. The van der Waals surface area contributed by atoms with Crippen molar-refractivity contribution in [3.05, 3.63) is 67.8 Å². The number of anilines is 1. The second kappa shape index (κ2) is 11.5. The summed E-state index contributed by atoms with van der Waals surface area (Å²) in [5.41, 5.74) is 2.07. The lowest BCUT2D eigenvalue weighted by atomic mass is 10.0. The first-order chi connectivity index (χ1) is 16.3. The molecular weight excluding hydrogens is 464 g/mol. The van der Waals surface area contributed by atoms with Crippen LogP contribution in [0.1, 0.15) is 54.9 Å². The fraction of sp³-hybridized carbons (Fsp3) is 0.385. The van der Waals surface area contributed by atoms with Gasteiger partial charge >= 0.3 is 0 Å². The van der Waals surface area contributed by atoms with Crippen LogP contribution in [0.2, 0.25) is 0 Å². The average molecular weight is 495 g/mol. The van der Waals surface area contributed by atoms with Crippen LogP contribution in [0, 0.1) is 18.3 Å². The summed E-state index contributed by atoms with van der Waals surface area (Å²) in [4.78, 5) is 30.2. The predicted molar refractivity (Wildman–Crippen MR) is 144 cm³/mol. The Morgan fingerprint density at radius 1 is 1.18 bits per heavy atom. The van der Waals surface area contributed by atoms with E-state index in [9.17, 15) is 14.9 Å². The molecule has 1 saturated heterocycles. The summed E-state index contributed by atoms with van der Waals surface area (Å²) < 4.78 is 2.04.